The highest BCUT2D eigenvalue weighted by Crippen LogP contribution is 2.32. The second-order valence-electron chi connectivity index (χ2n) is 5.48. The summed E-state index contributed by atoms with van der Waals surface area (Å²) in [6.07, 6.45) is -2.80. The molecule has 0 aromatic heterocycles. The molecule has 1 fully saturated rings. The van der Waals surface area contributed by atoms with Crippen molar-refractivity contribution in [2.45, 2.75) is 25.3 Å². The topological polar surface area (TPSA) is 32.7 Å². The summed E-state index contributed by atoms with van der Waals surface area (Å²) in [4.78, 5) is 1.93. The molecule has 1 aromatic rings. The molecule has 0 spiro atoms. The largest absolute Gasteiger partial charge is 0.573 e. The van der Waals surface area contributed by atoms with Crippen molar-refractivity contribution in [1.29, 1.82) is 0 Å². The van der Waals surface area contributed by atoms with Gasteiger partial charge in [-0.3, -0.25) is 4.90 Å². The molecule has 1 aliphatic rings. The number of aliphatic hydroxyl groups excluding tert-OH is 1. The third kappa shape index (κ3) is 5.96. The molecule has 6 heteroatoms. The fraction of sp³-hybridized carbons (Fsp3) is 0.500. The van der Waals surface area contributed by atoms with Crippen LogP contribution in [0.5, 0.6) is 5.75 Å². The van der Waals surface area contributed by atoms with E-state index in [-0.39, 0.29) is 11.9 Å². The maximum atomic E-state index is 12.0. The van der Waals surface area contributed by atoms with Gasteiger partial charge in [-0.25, -0.2) is 0 Å². The Morgan fingerprint density at radius 2 is 1.95 bits per heavy atom. The summed E-state index contributed by atoms with van der Waals surface area (Å²) in [6, 6.07) is 5.43. The molecule has 1 unspecified atom stereocenters. The molecule has 0 amide bonds. The lowest BCUT2D eigenvalue weighted by molar-refractivity contribution is -0.274. The molecule has 1 N–H and O–H groups in total. The van der Waals surface area contributed by atoms with Crippen LogP contribution >= 0.6 is 0 Å². The van der Waals surface area contributed by atoms with Crippen LogP contribution in [0.3, 0.4) is 0 Å². The Labute approximate surface area is 127 Å². The van der Waals surface area contributed by atoms with Crippen molar-refractivity contribution >= 4 is 0 Å². The van der Waals surface area contributed by atoms with Crippen molar-refractivity contribution in [3.63, 3.8) is 0 Å². The van der Waals surface area contributed by atoms with E-state index in [1.54, 1.807) is 0 Å². The van der Waals surface area contributed by atoms with E-state index in [0.29, 0.717) is 24.6 Å². The third-order valence-corrected chi connectivity index (χ3v) is 3.33. The van der Waals surface area contributed by atoms with E-state index < -0.39 is 6.36 Å². The minimum absolute atomic E-state index is 0.261. The van der Waals surface area contributed by atoms with Gasteiger partial charge in [-0.1, -0.05) is 11.8 Å². The second-order valence-corrected chi connectivity index (χ2v) is 5.48. The number of benzene rings is 1. The minimum atomic E-state index is -4.68. The van der Waals surface area contributed by atoms with Gasteiger partial charge in [0.1, 0.15) is 5.75 Å². The van der Waals surface area contributed by atoms with Crippen molar-refractivity contribution in [1.82, 2.24) is 4.90 Å². The fourth-order valence-corrected chi connectivity index (χ4v) is 2.03. The molecule has 1 atom stereocenters. The predicted octanol–water partition coefficient (Wildman–Crippen LogP) is 2.64. The molecule has 22 heavy (non-hydrogen) atoms. The number of alkyl halides is 3. The number of nitrogens with zero attached hydrogens (tertiary/aromatic N) is 1. The molecule has 0 aliphatic heterocycles. The SMILES string of the molecule is CN(CC#Cc1ccc(OC(F)(F)F)cc1)CC(O)C1CC1. The maximum Gasteiger partial charge on any atom is 0.573 e. The van der Waals surface area contributed by atoms with Gasteiger partial charge in [0.25, 0.3) is 0 Å². The van der Waals surface area contributed by atoms with Crippen molar-refractivity contribution in [3.8, 4) is 17.6 Å². The second kappa shape index (κ2) is 7.03. The highest BCUT2D eigenvalue weighted by molar-refractivity contribution is 5.38. The Morgan fingerprint density at radius 3 is 2.50 bits per heavy atom. The quantitative estimate of drug-likeness (QED) is 0.848. The smallest absolute Gasteiger partial charge is 0.406 e. The number of aliphatic hydroxyl groups is 1. The number of halogens is 3. The van der Waals surface area contributed by atoms with Crippen LogP contribution in [-0.4, -0.2) is 42.6 Å². The van der Waals surface area contributed by atoms with Gasteiger partial charge in [-0.05, 0) is 50.1 Å². The Balaban J connectivity index is 1.80. The van der Waals surface area contributed by atoms with Gasteiger partial charge < -0.3 is 9.84 Å². The van der Waals surface area contributed by atoms with Gasteiger partial charge in [-0.15, -0.1) is 13.2 Å². The normalized spacial score (nSPS) is 16.1. The van der Waals surface area contributed by atoms with E-state index in [9.17, 15) is 18.3 Å². The molecule has 0 radical (unpaired) electrons. The lowest BCUT2D eigenvalue weighted by Crippen LogP contribution is -2.30. The molecule has 0 heterocycles. The highest BCUT2D eigenvalue weighted by Gasteiger charge is 2.31. The van der Waals surface area contributed by atoms with Gasteiger partial charge in [0.05, 0.1) is 12.6 Å². The Bertz CT molecular complexity index is 541. The van der Waals surface area contributed by atoms with E-state index in [1.807, 2.05) is 11.9 Å². The molecule has 120 valence electrons. The minimum Gasteiger partial charge on any atom is -0.406 e. The first-order chi connectivity index (χ1) is 10.3. The van der Waals surface area contributed by atoms with Crippen LogP contribution in [0.4, 0.5) is 13.2 Å². The van der Waals surface area contributed by atoms with E-state index in [1.165, 1.54) is 24.3 Å². The lowest BCUT2D eigenvalue weighted by Gasteiger charge is -2.17. The van der Waals surface area contributed by atoms with Crippen LogP contribution in [0, 0.1) is 17.8 Å². The highest BCUT2D eigenvalue weighted by atomic mass is 19.4. The summed E-state index contributed by atoms with van der Waals surface area (Å²) in [5.74, 6) is 5.98. The van der Waals surface area contributed by atoms with Crippen LogP contribution in [0.2, 0.25) is 0 Å². The Morgan fingerprint density at radius 1 is 1.32 bits per heavy atom. The fourth-order valence-electron chi connectivity index (χ4n) is 2.03. The molecule has 0 saturated heterocycles. The zero-order valence-electron chi connectivity index (χ0n) is 12.2. The molecular formula is C16H18F3NO2. The zero-order chi connectivity index (χ0) is 16.2. The van der Waals surface area contributed by atoms with Gasteiger partial charge in [-0.2, -0.15) is 0 Å². The number of hydrogen-bond acceptors (Lipinski definition) is 3. The average molecular weight is 313 g/mol. The number of likely N-dealkylation sites (N-methyl/N-ethyl adjacent to an activating group) is 1. The first-order valence-electron chi connectivity index (χ1n) is 7.05. The molecular weight excluding hydrogens is 295 g/mol. The summed E-state index contributed by atoms with van der Waals surface area (Å²) in [5.41, 5.74) is 0.616. The van der Waals surface area contributed by atoms with Crippen LogP contribution in [0.25, 0.3) is 0 Å². The first-order valence-corrected chi connectivity index (χ1v) is 7.05. The number of rotatable bonds is 5. The van der Waals surface area contributed by atoms with Crippen LogP contribution < -0.4 is 4.74 Å². The first kappa shape index (κ1) is 16.7. The molecule has 1 aliphatic carbocycles. The van der Waals surface area contributed by atoms with Crippen molar-refractivity contribution in [2.24, 2.45) is 5.92 Å². The van der Waals surface area contributed by atoms with Gasteiger partial charge in [0, 0.05) is 12.1 Å². The standard InChI is InChI=1S/C16H18F3NO2/c1-20(11-15(21)13-6-7-13)10-2-3-12-4-8-14(9-5-12)22-16(17,18)19/h4-5,8-9,13,15,21H,6-7,10-11H2,1H3. The van der Waals surface area contributed by atoms with Crippen LogP contribution in [-0.2, 0) is 0 Å². The number of ether oxygens (including phenoxy) is 1. The molecule has 3 nitrogen and oxygen atoms in total. The summed E-state index contributed by atoms with van der Waals surface area (Å²) >= 11 is 0. The van der Waals surface area contributed by atoms with Gasteiger partial charge >= 0.3 is 6.36 Å². The molecule has 0 bridgehead atoms. The predicted molar refractivity (Wildman–Crippen MR) is 76.2 cm³/mol. The summed E-state index contributed by atoms with van der Waals surface area (Å²) in [7, 11) is 1.88. The average Bonchev–Trinajstić information content (AvgIpc) is 3.23. The van der Waals surface area contributed by atoms with Gasteiger partial charge in [0.2, 0.25) is 0 Å². The van der Waals surface area contributed by atoms with Crippen LogP contribution in [0.15, 0.2) is 24.3 Å². The Hall–Kier alpha value is -1.71. The zero-order valence-corrected chi connectivity index (χ0v) is 12.2. The summed E-state index contributed by atoms with van der Waals surface area (Å²) < 4.78 is 39.9. The Kier molecular flexibility index (Phi) is 5.33. The maximum absolute atomic E-state index is 12.0. The van der Waals surface area contributed by atoms with Gasteiger partial charge in [0.15, 0.2) is 0 Å². The molecule has 2 rings (SSSR count). The summed E-state index contributed by atoms with van der Waals surface area (Å²) in [5, 5.41) is 9.80. The van der Waals surface area contributed by atoms with E-state index >= 15 is 0 Å². The van der Waals surface area contributed by atoms with Crippen molar-refractivity contribution in [2.75, 3.05) is 20.1 Å². The summed E-state index contributed by atoms with van der Waals surface area (Å²) in [6.45, 7) is 1.07. The third-order valence-electron chi connectivity index (χ3n) is 3.33. The van der Waals surface area contributed by atoms with E-state index in [2.05, 4.69) is 16.6 Å². The molecule has 1 saturated carbocycles. The monoisotopic (exact) mass is 313 g/mol. The molecule has 1 aromatic carbocycles. The number of hydrogen-bond donors (Lipinski definition) is 1. The lowest BCUT2D eigenvalue weighted by atomic mass is 10.2. The van der Waals surface area contributed by atoms with Crippen molar-refractivity contribution in [3.05, 3.63) is 29.8 Å². The van der Waals surface area contributed by atoms with E-state index in [0.717, 1.165) is 12.8 Å². The van der Waals surface area contributed by atoms with Crippen LogP contribution in [0.1, 0.15) is 18.4 Å². The van der Waals surface area contributed by atoms with Crippen molar-refractivity contribution < 1.29 is 23.0 Å². The van der Waals surface area contributed by atoms with E-state index in [4.69, 9.17) is 0 Å².